The van der Waals surface area contributed by atoms with Gasteiger partial charge in [0.2, 0.25) is 0 Å². The molecule has 0 radical (unpaired) electrons. The van der Waals surface area contributed by atoms with E-state index in [9.17, 15) is 0 Å². The zero-order valence-corrected chi connectivity index (χ0v) is 11.2. The molecule has 0 spiro atoms. The van der Waals surface area contributed by atoms with Gasteiger partial charge in [0.05, 0.1) is 5.52 Å². The van der Waals surface area contributed by atoms with Crippen LogP contribution in [0.3, 0.4) is 0 Å². The average Bonchev–Trinajstić information content (AvgIpc) is 3.27. The minimum Gasteiger partial charge on any atom is -0.314 e. The van der Waals surface area contributed by atoms with Crippen molar-refractivity contribution in [1.82, 2.24) is 15.6 Å². The van der Waals surface area contributed by atoms with Crippen LogP contribution < -0.4 is 10.6 Å². The largest absolute Gasteiger partial charge is 0.314 e. The number of rotatable bonds is 7. The van der Waals surface area contributed by atoms with E-state index in [0.717, 1.165) is 31.2 Å². The maximum atomic E-state index is 4.39. The monoisotopic (exact) mass is 255 g/mol. The second kappa shape index (κ2) is 6.13. The van der Waals surface area contributed by atoms with Crippen LogP contribution in [0.2, 0.25) is 0 Å². The maximum absolute atomic E-state index is 4.39. The molecule has 2 aromatic rings. The standard InChI is InChI=1S/C16H21N3/c1-2-5-16-15(4-1)13(8-11-19-16)12-17-9-3-10-18-14-6-7-14/h1-2,4-5,8,11,14,17-18H,3,6-7,9-10,12H2. The Balaban J connectivity index is 1.47. The predicted octanol–water partition coefficient (Wildman–Crippen LogP) is 2.47. The van der Waals surface area contributed by atoms with Gasteiger partial charge in [0.1, 0.15) is 0 Å². The molecule has 1 saturated carbocycles. The van der Waals surface area contributed by atoms with Crippen LogP contribution in [0.25, 0.3) is 10.9 Å². The molecular weight excluding hydrogens is 234 g/mol. The van der Waals surface area contributed by atoms with Crippen molar-refractivity contribution in [2.24, 2.45) is 0 Å². The number of hydrogen-bond donors (Lipinski definition) is 2. The Bertz CT molecular complexity index is 529. The molecule has 3 nitrogen and oxygen atoms in total. The lowest BCUT2D eigenvalue weighted by atomic mass is 10.1. The number of nitrogens with zero attached hydrogens (tertiary/aromatic N) is 1. The average molecular weight is 255 g/mol. The van der Waals surface area contributed by atoms with Gasteiger partial charge in [-0.1, -0.05) is 18.2 Å². The van der Waals surface area contributed by atoms with E-state index in [1.54, 1.807) is 0 Å². The van der Waals surface area contributed by atoms with Crippen LogP contribution >= 0.6 is 0 Å². The van der Waals surface area contributed by atoms with Crippen LogP contribution in [0, 0.1) is 0 Å². The molecule has 0 aliphatic heterocycles. The Morgan fingerprint density at radius 2 is 2.00 bits per heavy atom. The molecule has 1 fully saturated rings. The van der Waals surface area contributed by atoms with Crippen molar-refractivity contribution in [3.8, 4) is 0 Å². The summed E-state index contributed by atoms with van der Waals surface area (Å²) in [5, 5.41) is 8.31. The number of pyridine rings is 1. The molecule has 1 aromatic heterocycles. The molecule has 0 unspecified atom stereocenters. The molecule has 0 atom stereocenters. The Labute approximate surface area is 114 Å². The van der Waals surface area contributed by atoms with Crippen LogP contribution in [-0.2, 0) is 6.54 Å². The molecule has 19 heavy (non-hydrogen) atoms. The molecular formula is C16H21N3. The van der Waals surface area contributed by atoms with Crippen molar-refractivity contribution in [2.45, 2.75) is 31.8 Å². The minimum atomic E-state index is 0.823. The van der Waals surface area contributed by atoms with Gasteiger partial charge in [-0.2, -0.15) is 0 Å². The van der Waals surface area contributed by atoms with Crippen LogP contribution in [0.1, 0.15) is 24.8 Å². The lowest BCUT2D eigenvalue weighted by Crippen LogP contribution is -2.23. The Morgan fingerprint density at radius 1 is 1.11 bits per heavy atom. The van der Waals surface area contributed by atoms with Crippen LogP contribution in [-0.4, -0.2) is 24.1 Å². The lowest BCUT2D eigenvalue weighted by molar-refractivity contribution is 0.594. The van der Waals surface area contributed by atoms with E-state index in [1.807, 2.05) is 12.3 Å². The molecule has 3 heteroatoms. The minimum absolute atomic E-state index is 0.823. The Kier molecular flexibility index (Phi) is 4.06. The molecule has 2 N–H and O–H groups in total. The molecule has 0 saturated heterocycles. The third-order valence-corrected chi connectivity index (χ3v) is 3.60. The Hall–Kier alpha value is -1.45. The van der Waals surface area contributed by atoms with E-state index < -0.39 is 0 Å². The summed E-state index contributed by atoms with van der Waals surface area (Å²) in [4.78, 5) is 4.39. The molecule has 3 rings (SSSR count). The van der Waals surface area contributed by atoms with Crippen molar-refractivity contribution in [3.05, 3.63) is 42.1 Å². The van der Waals surface area contributed by atoms with Crippen molar-refractivity contribution >= 4 is 10.9 Å². The van der Waals surface area contributed by atoms with E-state index in [0.29, 0.717) is 0 Å². The van der Waals surface area contributed by atoms with Gasteiger partial charge >= 0.3 is 0 Å². The van der Waals surface area contributed by atoms with E-state index in [1.165, 1.54) is 30.2 Å². The summed E-state index contributed by atoms with van der Waals surface area (Å²) >= 11 is 0. The number of aromatic nitrogens is 1. The third kappa shape index (κ3) is 3.52. The molecule has 1 aromatic carbocycles. The highest BCUT2D eigenvalue weighted by molar-refractivity contribution is 5.81. The van der Waals surface area contributed by atoms with Crippen molar-refractivity contribution in [1.29, 1.82) is 0 Å². The number of nitrogens with one attached hydrogen (secondary N) is 2. The van der Waals surface area contributed by atoms with Crippen molar-refractivity contribution < 1.29 is 0 Å². The van der Waals surface area contributed by atoms with Crippen molar-refractivity contribution in [2.75, 3.05) is 13.1 Å². The van der Waals surface area contributed by atoms with Crippen LogP contribution in [0.4, 0.5) is 0 Å². The number of hydrogen-bond acceptors (Lipinski definition) is 3. The second-order valence-electron chi connectivity index (χ2n) is 5.25. The summed E-state index contributed by atoms with van der Waals surface area (Å²) in [6.45, 7) is 3.12. The molecule has 100 valence electrons. The van der Waals surface area contributed by atoms with Gasteiger partial charge in [-0.05, 0) is 50.0 Å². The topological polar surface area (TPSA) is 37.0 Å². The summed E-state index contributed by atoms with van der Waals surface area (Å²) in [5.74, 6) is 0. The van der Waals surface area contributed by atoms with Gasteiger partial charge in [0.25, 0.3) is 0 Å². The number of para-hydroxylation sites is 1. The summed E-state index contributed by atoms with van der Waals surface area (Å²) in [6.07, 6.45) is 5.83. The van der Waals surface area contributed by atoms with Gasteiger partial charge in [-0.15, -0.1) is 0 Å². The number of fused-ring (bicyclic) bond motifs is 1. The summed E-state index contributed by atoms with van der Waals surface area (Å²) in [5.41, 5.74) is 2.41. The SMILES string of the molecule is c1ccc2c(CNCCCNC3CC3)ccnc2c1. The smallest absolute Gasteiger partial charge is 0.0705 e. The molecule has 0 bridgehead atoms. The van der Waals surface area contributed by atoms with Crippen LogP contribution in [0.5, 0.6) is 0 Å². The maximum Gasteiger partial charge on any atom is 0.0705 e. The lowest BCUT2D eigenvalue weighted by Gasteiger charge is -2.08. The molecule has 1 heterocycles. The van der Waals surface area contributed by atoms with Gasteiger partial charge in [0.15, 0.2) is 0 Å². The third-order valence-electron chi connectivity index (χ3n) is 3.60. The highest BCUT2D eigenvalue weighted by Crippen LogP contribution is 2.18. The van der Waals surface area contributed by atoms with E-state index in [2.05, 4.69) is 39.9 Å². The van der Waals surface area contributed by atoms with Gasteiger partial charge in [-0.25, -0.2) is 0 Å². The van der Waals surface area contributed by atoms with E-state index in [4.69, 9.17) is 0 Å². The zero-order valence-electron chi connectivity index (χ0n) is 11.2. The van der Waals surface area contributed by atoms with Crippen molar-refractivity contribution in [3.63, 3.8) is 0 Å². The van der Waals surface area contributed by atoms with Gasteiger partial charge in [0, 0.05) is 24.2 Å². The van der Waals surface area contributed by atoms with Gasteiger partial charge < -0.3 is 10.6 Å². The fourth-order valence-electron chi connectivity index (χ4n) is 2.34. The summed E-state index contributed by atoms with van der Waals surface area (Å²) < 4.78 is 0. The zero-order chi connectivity index (χ0) is 12.9. The Morgan fingerprint density at radius 3 is 2.89 bits per heavy atom. The first kappa shape index (κ1) is 12.6. The second-order valence-corrected chi connectivity index (χ2v) is 5.25. The van der Waals surface area contributed by atoms with Gasteiger partial charge in [-0.3, -0.25) is 4.98 Å². The predicted molar refractivity (Wildman–Crippen MR) is 79.1 cm³/mol. The summed E-state index contributed by atoms with van der Waals surface area (Å²) in [6, 6.07) is 11.3. The summed E-state index contributed by atoms with van der Waals surface area (Å²) in [7, 11) is 0. The highest BCUT2D eigenvalue weighted by atomic mass is 14.9. The number of benzene rings is 1. The highest BCUT2D eigenvalue weighted by Gasteiger charge is 2.19. The first-order valence-corrected chi connectivity index (χ1v) is 7.20. The fourth-order valence-corrected chi connectivity index (χ4v) is 2.34. The molecule has 1 aliphatic rings. The first-order chi connectivity index (χ1) is 9.43. The van der Waals surface area contributed by atoms with E-state index >= 15 is 0 Å². The van der Waals surface area contributed by atoms with E-state index in [-0.39, 0.29) is 0 Å². The van der Waals surface area contributed by atoms with Crippen LogP contribution in [0.15, 0.2) is 36.5 Å². The fraction of sp³-hybridized carbons (Fsp3) is 0.438. The quantitative estimate of drug-likeness (QED) is 0.746. The molecule has 1 aliphatic carbocycles. The molecule has 0 amide bonds. The first-order valence-electron chi connectivity index (χ1n) is 7.20. The normalized spacial score (nSPS) is 14.9.